The summed E-state index contributed by atoms with van der Waals surface area (Å²) in [6, 6.07) is 10.9. The van der Waals surface area contributed by atoms with E-state index in [9.17, 15) is 0 Å². The van der Waals surface area contributed by atoms with Crippen molar-refractivity contribution < 1.29 is 0 Å². The topological polar surface area (TPSA) is 30.2 Å². The fraction of sp³-hybridized carbons (Fsp3) is 0.294. The molecule has 0 saturated heterocycles. The Morgan fingerprint density at radius 1 is 1.00 bits per heavy atom. The number of nitrogens with zero attached hydrogens (tertiary/aromatic N) is 3. The molecule has 2 aromatic heterocycles. The van der Waals surface area contributed by atoms with E-state index in [-0.39, 0.29) is 0 Å². The van der Waals surface area contributed by atoms with Crippen LogP contribution in [0.4, 0.5) is 0 Å². The molecule has 0 N–H and O–H groups in total. The van der Waals surface area contributed by atoms with Crippen LogP contribution >= 0.6 is 0 Å². The van der Waals surface area contributed by atoms with Gasteiger partial charge in [-0.2, -0.15) is 5.10 Å². The smallest absolute Gasteiger partial charge is 0.153 e. The molecule has 3 heteroatoms. The van der Waals surface area contributed by atoms with Gasteiger partial charge in [-0.1, -0.05) is 12.1 Å². The van der Waals surface area contributed by atoms with Gasteiger partial charge in [0, 0.05) is 5.56 Å². The minimum atomic E-state index is 0.907. The van der Waals surface area contributed by atoms with Crippen molar-refractivity contribution in [1.82, 2.24) is 14.6 Å². The molecule has 3 aromatic rings. The summed E-state index contributed by atoms with van der Waals surface area (Å²) in [4.78, 5) is 4.42. The molecule has 0 unspecified atom stereocenters. The lowest BCUT2D eigenvalue weighted by atomic mass is 9.90. The molecule has 0 atom stereocenters. The lowest BCUT2D eigenvalue weighted by Crippen LogP contribution is -2.02. The van der Waals surface area contributed by atoms with Gasteiger partial charge in [-0.15, -0.1) is 0 Å². The Kier molecular flexibility index (Phi) is 2.59. The first-order chi connectivity index (χ1) is 9.79. The normalized spacial score (nSPS) is 14.4. The summed E-state index contributed by atoms with van der Waals surface area (Å²) in [6.45, 7) is 1.99. The number of aromatic nitrogens is 3. The van der Waals surface area contributed by atoms with E-state index in [2.05, 4.69) is 34.3 Å². The minimum absolute atomic E-state index is 0.907. The van der Waals surface area contributed by atoms with Crippen LogP contribution in [0.25, 0.3) is 16.9 Å². The molecule has 0 aliphatic heterocycles. The van der Waals surface area contributed by atoms with Crippen molar-refractivity contribution in [3.63, 3.8) is 0 Å². The van der Waals surface area contributed by atoms with Gasteiger partial charge in [0.05, 0.1) is 17.6 Å². The Bertz CT molecular complexity index is 786. The summed E-state index contributed by atoms with van der Waals surface area (Å²) < 4.78 is 1.87. The molecule has 0 saturated carbocycles. The van der Waals surface area contributed by atoms with E-state index >= 15 is 0 Å². The molecule has 0 radical (unpaired) electrons. The molecule has 0 spiro atoms. The highest BCUT2D eigenvalue weighted by Gasteiger charge is 2.11. The molecule has 1 aliphatic carbocycles. The van der Waals surface area contributed by atoms with Gasteiger partial charge in [-0.05, 0) is 61.9 Å². The van der Waals surface area contributed by atoms with Crippen molar-refractivity contribution in [2.75, 3.05) is 0 Å². The van der Waals surface area contributed by atoms with E-state index in [1.807, 2.05) is 23.7 Å². The van der Waals surface area contributed by atoms with E-state index in [4.69, 9.17) is 0 Å². The fourth-order valence-electron chi connectivity index (χ4n) is 3.05. The molecular weight excluding hydrogens is 246 g/mol. The first kappa shape index (κ1) is 11.6. The SMILES string of the molecule is Cc1cn2nc(-c3ccc4c(c3)CCCC4)ccc2n1. The highest BCUT2D eigenvalue weighted by atomic mass is 15.2. The van der Waals surface area contributed by atoms with Crippen LogP contribution in [-0.4, -0.2) is 14.6 Å². The number of imidazole rings is 1. The number of benzene rings is 1. The third-order valence-electron chi connectivity index (χ3n) is 4.08. The van der Waals surface area contributed by atoms with Crippen molar-refractivity contribution >= 4 is 5.65 Å². The van der Waals surface area contributed by atoms with Crippen LogP contribution in [0.1, 0.15) is 29.7 Å². The Morgan fingerprint density at radius 3 is 2.75 bits per heavy atom. The number of aryl methyl sites for hydroxylation is 3. The van der Waals surface area contributed by atoms with E-state index in [1.165, 1.54) is 42.4 Å². The second kappa shape index (κ2) is 4.44. The van der Waals surface area contributed by atoms with Gasteiger partial charge >= 0.3 is 0 Å². The summed E-state index contributed by atoms with van der Waals surface area (Å²) >= 11 is 0. The fourth-order valence-corrected chi connectivity index (χ4v) is 3.05. The maximum atomic E-state index is 4.67. The van der Waals surface area contributed by atoms with Crippen LogP contribution in [0.5, 0.6) is 0 Å². The first-order valence-electron chi connectivity index (χ1n) is 7.25. The highest BCUT2D eigenvalue weighted by molar-refractivity contribution is 5.62. The third-order valence-corrected chi connectivity index (χ3v) is 4.08. The lowest BCUT2D eigenvalue weighted by molar-refractivity contribution is 0.686. The maximum Gasteiger partial charge on any atom is 0.153 e. The van der Waals surface area contributed by atoms with Crippen molar-refractivity contribution in [1.29, 1.82) is 0 Å². The van der Waals surface area contributed by atoms with Crippen molar-refractivity contribution in [2.24, 2.45) is 0 Å². The average molecular weight is 263 g/mol. The summed E-state index contributed by atoms with van der Waals surface area (Å²) in [5.41, 5.74) is 7.14. The number of hydrogen-bond donors (Lipinski definition) is 0. The molecular formula is C17H17N3. The highest BCUT2D eigenvalue weighted by Crippen LogP contribution is 2.26. The Hall–Kier alpha value is -2.16. The predicted molar refractivity (Wildman–Crippen MR) is 79.8 cm³/mol. The Labute approximate surface area is 118 Å². The number of rotatable bonds is 1. The Morgan fingerprint density at radius 2 is 1.85 bits per heavy atom. The molecule has 1 aliphatic rings. The number of hydrogen-bond acceptors (Lipinski definition) is 2. The summed E-state index contributed by atoms with van der Waals surface area (Å²) in [6.07, 6.45) is 7.03. The Balaban J connectivity index is 1.81. The van der Waals surface area contributed by atoms with Gasteiger partial charge in [-0.3, -0.25) is 0 Å². The van der Waals surface area contributed by atoms with Gasteiger partial charge in [0.25, 0.3) is 0 Å². The van der Waals surface area contributed by atoms with Crippen LogP contribution < -0.4 is 0 Å². The molecule has 0 bridgehead atoms. The van der Waals surface area contributed by atoms with Crippen LogP contribution in [-0.2, 0) is 12.8 Å². The van der Waals surface area contributed by atoms with Gasteiger partial charge < -0.3 is 0 Å². The maximum absolute atomic E-state index is 4.67. The van der Waals surface area contributed by atoms with Crippen LogP contribution in [0.15, 0.2) is 36.5 Å². The van der Waals surface area contributed by atoms with E-state index in [1.54, 1.807) is 0 Å². The van der Waals surface area contributed by atoms with Gasteiger partial charge in [0.15, 0.2) is 5.65 Å². The van der Waals surface area contributed by atoms with Crippen molar-refractivity contribution in [2.45, 2.75) is 32.6 Å². The molecule has 0 fully saturated rings. The molecule has 1 aromatic carbocycles. The van der Waals surface area contributed by atoms with Crippen LogP contribution in [0, 0.1) is 6.92 Å². The van der Waals surface area contributed by atoms with Crippen LogP contribution in [0.3, 0.4) is 0 Å². The zero-order valence-corrected chi connectivity index (χ0v) is 11.6. The standard InChI is InChI=1S/C17H17N3/c1-12-11-20-17(18-12)9-8-16(19-20)15-7-6-13-4-2-3-5-14(13)10-15/h6-11H,2-5H2,1H3. The van der Waals surface area contributed by atoms with Crippen molar-refractivity contribution in [3.8, 4) is 11.3 Å². The van der Waals surface area contributed by atoms with E-state index in [0.29, 0.717) is 0 Å². The second-order valence-corrected chi connectivity index (χ2v) is 5.59. The minimum Gasteiger partial charge on any atom is -0.232 e. The molecule has 3 nitrogen and oxygen atoms in total. The second-order valence-electron chi connectivity index (χ2n) is 5.59. The average Bonchev–Trinajstić information content (AvgIpc) is 2.85. The molecule has 4 rings (SSSR count). The summed E-state index contributed by atoms with van der Waals surface area (Å²) in [5.74, 6) is 0. The summed E-state index contributed by atoms with van der Waals surface area (Å²) in [7, 11) is 0. The van der Waals surface area contributed by atoms with Crippen LogP contribution in [0.2, 0.25) is 0 Å². The zero-order valence-electron chi connectivity index (χ0n) is 11.6. The monoisotopic (exact) mass is 263 g/mol. The summed E-state index contributed by atoms with van der Waals surface area (Å²) in [5, 5.41) is 4.67. The van der Waals surface area contributed by atoms with Crippen molar-refractivity contribution in [3.05, 3.63) is 53.3 Å². The van der Waals surface area contributed by atoms with Gasteiger partial charge in [0.2, 0.25) is 0 Å². The zero-order chi connectivity index (χ0) is 13.5. The quantitative estimate of drug-likeness (QED) is 0.671. The van der Waals surface area contributed by atoms with E-state index < -0.39 is 0 Å². The largest absolute Gasteiger partial charge is 0.232 e. The van der Waals surface area contributed by atoms with E-state index in [0.717, 1.165) is 17.0 Å². The number of fused-ring (bicyclic) bond motifs is 2. The lowest BCUT2D eigenvalue weighted by Gasteiger charge is -2.16. The predicted octanol–water partition coefficient (Wildman–Crippen LogP) is 3.58. The molecule has 0 amide bonds. The molecule has 2 heterocycles. The van der Waals surface area contributed by atoms with Gasteiger partial charge in [-0.25, -0.2) is 9.50 Å². The first-order valence-corrected chi connectivity index (χ1v) is 7.25. The van der Waals surface area contributed by atoms with Gasteiger partial charge in [0.1, 0.15) is 0 Å². The third kappa shape index (κ3) is 1.90. The molecule has 100 valence electrons. The molecule has 20 heavy (non-hydrogen) atoms.